The molecule has 0 spiro atoms. The molecule has 2 aromatic rings. The molecule has 1 fully saturated rings. The van der Waals surface area contributed by atoms with Crippen LogP contribution in [0.2, 0.25) is 0 Å². The number of nitrogens with one attached hydrogen (secondary N) is 2. The Hall–Kier alpha value is -2.41. The van der Waals surface area contributed by atoms with Crippen LogP contribution in [-0.2, 0) is 4.74 Å². The zero-order valence-electron chi connectivity index (χ0n) is 14.0. The number of aromatic nitrogens is 1. The average molecular weight is 403 g/mol. The first-order valence-electron chi connectivity index (χ1n) is 7.91. The summed E-state index contributed by atoms with van der Waals surface area (Å²) in [5, 5.41) is 6.55. The number of ether oxygens (including phenoxy) is 1. The molecule has 25 heavy (non-hydrogen) atoms. The second-order valence-electron chi connectivity index (χ2n) is 5.87. The fourth-order valence-electron chi connectivity index (χ4n) is 3.15. The Kier molecular flexibility index (Phi) is 5.03. The molecule has 1 unspecified atom stereocenters. The maximum Gasteiger partial charge on any atom is 0.339 e. The summed E-state index contributed by atoms with van der Waals surface area (Å²) in [5.74, 6) is -0.109. The number of carbonyl (C=O) groups is 1. The highest BCUT2D eigenvalue weighted by molar-refractivity contribution is 9.10. The Balaban J connectivity index is 2.05. The lowest BCUT2D eigenvalue weighted by Gasteiger charge is -2.12. The Bertz CT molecular complexity index is 843. The molecule has 130 valence electrons. The van der Waals surface area contributed by atoms with Gasteiger partial charge in [-0.15, -0.1) is 0 Å². The summed E-state index contributed by atoms with van der Waals surface area (Å²) in [4.78, 5) is 12.2. The summed E-state index contributed by atoms with van der Waals surface area (Å²) in [6.45, 7) is 0. The van der Waals surface area contributed by atoms with Gasteiger partial charge in [-0.2, -0.15) is 5.11 Å². The van der Waals surface area contributed by atoms with E-state index >= 15 is 0 Å². The summed E-state index contributed by atoms with van der Waals surface area (Å²) in [6.07, 6.45) is 4.47. The van der Waals surface area contributed by atoms with Crippen LogP contribution in [0.15, 0.2) is 58.0 Å². The van der Waals surface area contributed by atoms with Gasteiger partial charge in [0.1, 0.15) is 0 Å². The predicted molar refractivity (Wildman–Crippen MR) is 97.9 cm³/mol. The van der Waals surface area contributed by atoms with Gasteiger partial charge in [0.25, 0.3) is 0 Å². The van der Waals surface area contributed by atoms with Gasteiger partial charge in [0, 0.05) is 47.1 Å². The van der Waals surface area contributed by atoms with Crippen LogP contribution in [0.25, 0.3) is 5.69 Å². The van der Waals surface area contributed by atoms with Crippen LogP contribution in [-0.4, -0.2) is 24.7 Å². The number of allylic oxidation sites excluding steroid dienone is 1. The van der Waals surface area contributed by atoms with E-state index in [1.54, 1.807) is 19.3 Å². The molecule has 6 nitrogen and oxygen atoms in total. The molecule has 1 saturated carbocycles. The lowest BCUT2D eigenvalue weighted by atomic mass is 10.1. The highest BCUT2D eigenvalue weighted by Crippen LogP contribution is 2.53. The van der Waals surface area contributed by atoms with Crippen LogP contribution in [0.4, 0.5) is 0 Å². The summed E-state index contributed by atoms with van der Waals surface area (Å²) in [7, 11) is 3.17. The number of rotatable bonds is 6. The molecule has 1 aliphatic carbocycles. The van der Waals surface area contributed by atoms with Crippen molar-refractivity contribution in [2.45, 2.75) is 12.3 Å². The monoisotopic (exact) mass is 402 g/mol. The van der Waals surface area contributed by atoms with Crippen molar-refractivity contribution in [1.29, 1.82) is 5.53 Å². The molecule has 0 saturated heterocycles. The van der Waals surface area contributed by atoms with Crippen LogP contribution >= 0.6 is 15.9 Å². The number of nitrogens with zero attached hydrogens (tertiary/aromatic N) is 2. The van der Waals surface area contributed by atoms with E-state index < -0.39 is 0 Å². The zero-order chi connectivity index (χ0) is 18.0. The number of hydrogen-bond donors (Lipinski definition) is 2. The van der Waals surface area contributed by atoms with Crippen LogP contribution in [0.1, 0.15) is 28.4 Å². The molecule has 0 amide bonds. The second-order valence-corrected chi connectivity index (χ2v) is 6.79. The summed E-state index contributed by atoms with van der Waals surface area (Å²) in [5.41, 5.74) is 10.5. The lowest BCUT2D eigenvalue weighted by Crippen LogP contribution is -2.08. The van der Waals surface area contributed by atoms with E-state index in [0.29, 0.717) is 11.3 Å². The topological polar surface area (TPSA) is 79.5 Å². The second kappa shape index (κ2) is 7.23. The van der Waals surface area contributed by atoms with Crippen molar-refractivity contribution >= 4 is 21.9 Å². The van der Waals surface area contributed by atoms with Gasteiger partial charge in [0.2, 0.25) is 0 Å². The van der Waals surface area contributed by atoms with Gasteiger partial charge in [-0.1, -0.05) is 22.0 Å². The minimum absolute atomic E-state index is 0.120. The Morgan fingerprint density at radius 1 is 1.48 bits per heavy atom. The molecule has 7 heteroatoms. The van der Waals surface area contributed by atoms with Crippen molar-refractivity contribution in [2.24, 2.45) is 11.0 Å². The fraction of sp³-hybridized carbons (Fsp3) is 0.278. The van der Waals surface area contributed by atoms with Crippen molar-refractivity contribution in [3.63, 3.8) is 0 Å². The number of halogens is 1. The maximum absolute atomic E-state index is 12.2. The minimum atomic E-state index is -0.351. The molecule has 1 aliphatic rings. The van der Waals surface area contributed by atoms with Crippen LogP contribution in [0.5, 0.6) is 0 Å². The standard InChI is InChI=1S/C18H19BrN4O2/c1-21-10-16(22-20)14-9-15(14)17-13(18(24)25-2)6-7-23(17)12-5-3-4-11(19)8-12/h3-8,10,14-15,20-21H,9H2,1-2H3/b16-10-,22-20?/t14?,15-/m1/s1. The number of hydrogen-bond acceptors (Lipinski definition) is 5. The van der Waals surface area contributed by atoms with Gasteiger partial charge in [-0.05, 0) is 30.7 Å². The maximum atomic E-state index is 12.2. The van der Waals surface area contributed by atoms with E-state index in [0.717, 1.165) is 22.3 Å². The van der Waals surface area contributed by atoms with Crippen LogP contribution < -0.4 is 5.32 Å². The molecule has 2 N–H and O–H groups in total. The molecule has 0 bridgehead atoms. The number of methoxy groups -OCH3 is 1. The van der Waals surface area contributed by atoms with Gasteiger partial charge >= 0.3 is 5.97 Å². The van der Waals surface area contributed by atoms with E-state index in [9.17, 15) is 4.79 Å². The summed E-state index contributed by atoms with van der Waals surface area (Å²) in [6, 6.07) is 9.70. The number of benzene rings is 1. The minimum Gasteiger partial charge on any atom is -0.465 e. The molecule has 1 heterocycles. The molecular weight excluding hydrogens is 384 g/mol. The van der Waals surface area contributed by atoms with Gasteiger partial charge in [0.15, 0.2) is 0 Å². The Morgan fingerprint density at radius 3 is 2.92 bits per heavy atom. The fourth-order valence-corrected chi connectivity index (χ4v) is 3.54. The first kappa shape index (κ1) is 17.4. The lowest BCUT2D eigenvalue weighted by molar-refractivity contribution is 0.0599. The van der Waals surface area contributed by atoms with E-state index in [4.69, 9.17) is 10.3 Å². The smallest absolute Gasteiger partial charge is 0.339 e. The number of esters is 1. The van der Waals surface area contributed by atoms with Crippen molar-refractivity contribution in [2.75, 3.05) is 14.2 Å². The van der Waals surface area contributed by atoms with E-state index in [2.05, 4.69) is 26.4 Å². The molecule has 0 radical (unpaired) electrons. The molecule has 3 rings (SSSR count). The van der Waals surface area contributed by atoms with Crippen LogP contribution in [0.3, 0.4) is 0 Å². The third-order valence-electron chi connectivity index (χ3n) is 4.36. The average Bonchev–Trinajstić information content (AvgIpc) is 3.27. The largest absolute Gasteiger partial charge is 0.465 e. The van der Waals surface area contributed by atoms with Gasteiger partial charge in [0.05, 0.1) is 18.4 Å². The van der Waals surface area contributed by atoms with Crippen molar-refractivity contribution in [3.8, 4) is 5.69 Å². The first-order chi connectivity index (χ1) is 12.1. The zero-order valence-corrected chi connectivity index (χ0v) is 15.6. The molecule has 0 aliphatic heterocycles. The van der Waals surface area contributed by atoms with Crippen molar-refractivity contribution in [1.82, 2.24) is 9.88 Å². The highest BCUT2D eigenvalue weighted by Gasteiger charge is 2.45. The third kappa shape index (κ3) is 3.37. The van der Waals surface area contributed by atoms with E-state index in [-0.39, 0.29) is 17.8 Å². The van der Waals surface area contributed by atoms with Crippen LogP contribution in [0, 0.1) is 11.4 Å². The number of carbonyl (C=O) groups excluding carboxylic acids is 1. The van der Waals surface area contributed by atoms with Gasteiger partial charge < -0.3 is 14.6 Å². The van der Waals surface area contributed by atoms with E-state index in [1.165, 1.54) is 7.11 Å². The first-order valence-corrected chi connectivity index (χ1v) is 8.70. The summed E-state index contributed by atoms with van der Waals surface area (Å²) >= 11 is 3.49. The normalized spacial score (nSPS) is 19.4. The highest BCUT2D eigenvalue weighted by atomic mass is 79.9. The predicted octanol–water partition coefficient (Wildman–Crippen LogP) is 4.22. The third-order valence-corrected chi connectivity index (χ3v) is 4.85. The van der Waals surface area contributed by atoms with Crippen molar-refractivity contribution < 1.29 is 9.53 Å². The van der Waals surface area contributed by atoms with E-state index in [1.807, 2.05) is 35.0 Å². The van der Waals surface area contributed by atoms with Gasteiger partial charge in [-0.25, -0.2) is 10.3 Å². The summed E-state index contributed by atoms with van der Waals surface area (Å²) < 4.78 is 7.93. The molecule has 2 atom stereocenters. The SMILES string of the molecule is CN/C=C(\N=N)C1C[C@H]1c1c(C(=O)OC)ccn1-c1cccc(Br)c1. The van der Waals surface area contributed by atoms with Gasteiger partial charge in [-0.3, -0.25) is 0 Å². The molecular formula is C18H19BrN4O2. The quantitative estimate of drug-likeness (QED) is 0.560. The Morgan fingerprint density at radius 2 is 2.28 bits per heavy atom. The molecule has 1 aromatic heterocycles. The Labute approximate surface area is 154 Å². The molecule has 1 aromatic carbocycles. The van der Waals surface area contributed by atoms with Crippen molar-refractivity contribution in [3.05, 3.63) is 64.2 Å².